The molecule has 0 unspecified atom stereocenters. The van der Waals surface area contributed by atoms with Gasteiger partial charge in [-0.05, 0) is 43.4 Å². The number of aryl methyl sites for hydroxylation is 1. The fraction of sp³-hybridized carbons (Fsp3) is 0.474. The molecule has 124 valence electrons. The van der Waals surface area contributed by atoms with E-state index in [-0.39, 0.29) is 11.3 Å². The van der Waals surface area contributed by atoms with Crippen LogP contribution in [-0.4, -0.2) is 22.2 Å². The molecule has 0 aliphatic carbocycles. The highest BCUT2D eigenvalue weighted by atomic mass is 16.1. The fourth-order valence-corrected chi connectivity index (χ4v) is 2.73. The first kappa shape index (κ1) is 17.3. The first-order valence-corrected chi connectivity index (χ1v) is 8.15. The van der Waals surface area contributed by atoms with E-state index in [9.17, 15) is 4.79 Å². The highest BCUT2D eigenvalue weighted by Gasteiger charge is 2.16. The summed E-state index contributed by atoms with van der Waals surface area (Å²) in [4.78, 5) is 11.9. The molecule has 0 aliphatic rings. The van der Waals surface area contributed by atoms with Gasteiger partial charge in [-0.25, -0.2) is 4.68 Å². The minimum Gasteiger partial charge on any atom is -0.356 e. The number of carbonyl (C=O) groups is 1. The van der Waals surface area contributed by atoms with E-state index >= 15 is 0 Å². The van der Waals surface area contributed by atoms with Crippen molar-refractivity contribution in [3.8, 4) is 5.69 Å². The largest absolute Gasteiger partial charge is 0.356 e. The molecule has 23 heavy (non-hydrogen) atoms. The number of benzene rings is 1. The summed E-state index contributed by atoms with van der Waals surface area (Å²) in [6, 6.07) is 10.1. The van der Waals surface area contributed by atoms with Crippen molar-refractivity contribution in [3.05, 3.63) is 47.3 Å². The van der Waals surface area contributed by atoms with Gasteiger partial charge >= 0.3 is 0 Å². The number of carbonyl (C=O) groups excluding carboxylic acids is 1. The molecule has 1 amide bonds. The van der Waals surface area contributed by atoms with Crippen LogP contribution < -0.4 is 5.32 Å². The SMILES string of the molecule is Cc1nn(-c2ccccc2)c(C)c1CCNC(=O)CC(C)(C)C. The summed E-state index contributed by atoms with van der Waals surface area (Å²) in [5, 5.41) is 7.66. The van der Waals surface area contributed by atoms with Gasteiger partial charge in [-0.2, -0.15) is 5.10 Å². The molecular weight excluding hydrogens is 286 g/mol. The first-order valence-electron chi connectivity index (χ1n) is 8.15. The second-order valence-corrected chi connectivity index (χ2v) is 7.23. The molecule has 0 atom stereocenters. The van der Waals surface area contributed by atoms with Crippen molar-refractivity contribution in [2.45, 2.75) is 47.5 Å². The minimum absolute atomic E-state index is 0.0219. The van der Waals surface area contributed by atoms with Gasteiger partial charge in [0.05, 0.1) is 11.4 Å². The normalized spacial score (nSPS) is 11.5. The molecule has 0 saturated heterocycles. The van der Waals surface area contributed by atoms with E-state index in [0.717, 1.165) is 23.5 Å². The summed E-state index contributed by atoms with van der Waals surface area (Å²) < 4.78 is 1.97. The summed E-state index contributed by atoms with van der Waals surface area (Å²) in [5.74, 6) is 0.114. The number of aromatic nitrogens is 2. The summed E-state index contributed by atoms with van der Waals surface area (Å²) >= 11 is 0. The second-order valence-electron chi connectivity index (χ2n) is 7.23. The van der Waals surface area contributed by atoms with Crippen molar-refractivity contribution in [1.82, 2.24) is 15.1 Å². The highest BCUT2D eigenvalue weighted by molar-refractivity contribution is 5.76. The van der Waals surface area contributed by atoms with Crippen LogP contribution in [0.2, 0.25) is 0 Å². The Morgan fingerprint density at radius 1 is 1.17 bits per heavy atom. The highest BCUT2D eigenvalue weighted by Crippen LogP contribution is 2.19. The monoisotopic (exact) mass is 313 g/mol. The third-order valence-electron chi connectivity index (χ3n) is 3.83. The number of amides is 1. The Kier molecular flexibility index (Phi) is 5.24. The van der Waals surface area contributed by atoms with Gasteiger partial charge in [-0.15, -0.1) is 0 Å². The van der Waals surface area contributed by atoms with Crippen molar-refractivity contribution >= 4 is 5.91 Å². The third-order valence-corrected chi connectivity index (χ3v) is 3.83. The molecule has 0 saturated carbocycles. The lowest BCUT2D eigenvalue weighted by Crippen LogP contribution is -2.29. The number of rotatable bonds is 5. The standard InChI is InChI=1S/C19H27N3O/c1-14-17(11-12-20-18(23)13-19(3,4)5)15(2)22(21-14)16-9-7-6-8-10-16/h6-10H,11-13H2,1-5H3,(H,20,23). The van der Waals surface area contributed by atoms with E-state index in [0.29, 0.717) is 13.0 Å². The summed E-state index contributed by atoms with van der Waals surface area (Å²) in [6.45, 7) is 11.0. The Morgan fingerprint density at radius 3 is 2.43 bits per heavy atom. The van der Waals surface area contributed by atoms with Gasteiger partial charge < -0.3 is 5.32 Å². The van der Waals surface area contributed by atoms with Crippen molar-refractivity contribution < 1.29 is 4.79 Å². The predicted molar refractivity (Wildman–Crippen MR) is 93.8 cm³/mol. The van der Waals surface area contributed by atoms with E-state index < -0.39 is 0 Å². The van der Waals surface area contributed by atoms with Gasteiger partial charge in [0, 0.05) is 18.7 Å². The molecule has 0 aliphatic heterocycles. The molecule has 1 aromatic carbocycles. The Labute approximate surface area is 138 Å². The smallest absolute Gasteiger partial charge is 0.220 e. The minimum atomic E-state index is 0.0219. The van der Waals surface area contributed by atoms with E-state index in [4.69, 9.17) is 0 Å². The van der Waals surface area contributed by atoms with Gasteiger partial charge in [0.15, 0.2) is 0 Å². The van der Waals surface area contributed by atoms with Crippen molar-refractivity contribution in [2.24, 2.45) is 5.41 Å². The first-order chi connectivity index (χ1) is 10.8. The molecule has 1 N–H and O–H groups in total. The quantitative estimate of drug-likeness (QED) is 0.917. The third kappa shape index (κ3) is 4.68. The van der Waals surface area contributed by atoms with E-state index in [1.807, 2.05) is 41.9 Å². The van der Waals surface area contributed by atoms with Crippen LogP contribution in [0.4, 0.5) is 0 Å². The molecule has 1 heterocycles. The molecule has 0 spiro atoms. The van der Waals surface area contributed by atoms with Crippen LogP contribution in [0.1, 0.15) is 44.1 Å². The second kappa shape index (κ2) is 6.99. The number of nitrogens with one attached hydrogen (secondary N) is 1. The maximum atomic E-state index is 11.9. The number of hydrogen-bond donors (Lipinski definition) is 1. The maximum absolute atomic E-state index is 11.9. The Bertz CT molecular complexity index is 666. The maximum Gasteiger partial charge on any atom is 0.220 e. The van der Waals surface area contributed by atoms with Crippen LogP contribution in [0.15, 0.2) is 30.3 Å². The van der Waals surface area contributed by atoms with E-state index in [1.54, 1.807) is 0 Å². The Morgan fingerprint density at radius 2 is 1.83 bits per heavy atom. The molecule has 0 bridgehead atoms. The molecule has 0 fully saturated rings. The van der Waals surface area contributed by atoms with Crippen molar-refractivity contribution in [1.29, 1.82) is 0 Å². The van der Waals surface area contributed by atoms with Gasteiger partial charge in [0.1, 0.15) is 0 Å². The summed E-state index contributed by atoms with van der Waals surface area (Å²) in [5.41, 5.74) is 4.46. The van der Waals surface area contributed by atoms with Crippen molar-refractivity contribution in [3.63, 3.8) is 0 Å². The summed E-state index contributed by atoms with van der Waals surface area (Å²) in [7, 11) is 0. The molecule has 1 aromatic heterocycles. The lowest BCUT2D eigenvalue weighted by molar-refractivity contribution is -0.122. The molecule has 4 nitrogen and oxygen atoms in total. The van der Waals surface area contributed by atoms with Gasteiger partial charge in [0.2, 0.25) is 5.91 Å². The lowest BCUT2D eigenvalue weighted by Gasteiger charge is -2.17. The Hall–Kier alpha value is -2.10. The van der Waals surface area contributed by atoms with Crippen LogP contribution in [0.3, 0.4) is 0 Å². The van der Waals surface area contributed by atoms with Gasteiger partial charge in [-0.1, -0.05) is 39.0 Å². The van der Waals surface area contributed by atoms with Crippen LogP contribution in [0, 0.1) is 19.3 Å². The Balaban J connectivity index is 2.02. The molecule has 2 rings (SSSR count). The predicted octanol–water partition coefficient (Wildman–Crippen LogP) is 3.58. The molecule has 2 aromatic rings. The van der Waals surface area contributed by atoms with Crippen LogP contribution in [-0.2, 0) is 11.2 Å². The molecule has 0 radical (unpaired) electrons. The zero-order chi connectivity index (χ0) is 17.0. The topological polar surface area (TPSA) is 46.9 Å². The van der Waals surface area contributed by atoms with Crippen molar-refractivity contribution in [2.75, 3.05) is 6.54 Å². The number of para-hydroxylation sites is 1. The number of hydrogen-bond acceptors (Lipinski definition) is 2. The van der Waals surface area contributed by atoms with E-state index in [2.05, 4.69) is 38.1 Å². The average Bonchev–Trinajstić information content (AvgIpc) is 2.74. The summed E-state index contributed by atoms with van der Waals surface area (Å²) in [6.07, 6.45) is 1.36. The van der Waals surface area contributed by atoms with Crippen LogP contribution in [0.25, 0.3) is 5.69 Å². The average molecular weight is 313 g/mol. The van der Waals surface area contributed by atoms with Crippen LogP contribution in [0.5, 0.6) is 0 Å². The van der Waals surface area contributed by atoms with E-state index in [1.165, 1.54) is 5.56 Å². The molecular formula is C19H27N3O. The zero-order valence-corrected chi connectivity index (χ0v) is 14.8. The molecule has 4 heteroatoms. The lowest BCUT2D eigenvalue weighted by atomic mass is 9.92. The fourth-order valence-electron chi connectivity index (χ4n) is 2.73. The van der Waals surface area contributed by atoms with Crippen LogP contribution >= 0.6 is 0 Å². The zero-order valence-electron chi connectivity index (χ0n) is 14.8. The van der Waals surface area contributed by atoms with Gasteiger partial charge in [0.25, 0.3) is 0 Å². The van der Waals surface area contributed by atoms with Gasteiger partial charge in [-0.3, -0.25) is 4.79 Å². The number of nitrogens with zero attached hydrogens (tertiary/aromatic N) is 2.